The van der Waals surface area contributed by atoms with Gasteiger partial charge in [0.05, 0.1) is 40.6 Å². The number of fused-ring (bicyclic) bond motifs is 6. The molecule has 2 aromatic heterocycles. The van der Waals surface area contributed by atoms with E-state index in [4.69, 9.17) is 0 Å². The standard InChI is InChI=1S/C45H35N5/c1-4-14-30(15-5-1)43-46-44(31-16-6-2-7-17-31)48-45(47-43)32-24-26-34(27-25-32)50-40-23-13-11-21-36(40)38-28-41-37(29-42(38)50)35-20-10-12-22-39(35)49(41)33-18-8-3-9-19-33/h1-29,43-48H. The van der Waals surface area contributed by atoms with E-state index in [-0.39, 0.29) is 18.5 Å². The van der Waals surface area contributed by atoms with Crippen LogP contribution in [0.15, 0.2) is 176 Å². The first-order valence-electron chi connectivity index (χ1n) is 17.3. The van der Waals surface area contributed by atoms with Gasteiger partial charge in [-0.3, -0.25) is 16.0 Å². The highest BCUT2D eigenvalue weighted by Gasteiger charge is 2.29. The highest BCUT2D eigenvalue weighted by molar-refractivity contribution is 6.19. The molecule has 0 bridgehead atoms. The van der Waals surface area contributed by atoms with Crippen molar-refractivity contribution in [3.63, 3.8) is 0 Å². The van der Waals surface area contributed by atoms with E-state index in [1.165, 1.54) is 66.0 Å². The van der Waals surface area contributed by atoms with Gasteiger partial charge >= 0.3 is 0 Å². The van der Waals surface area contributed by atoms with Crippen LogP contribution < -0.4 is 16.0 Å². The monoisotopic (exact) mass is 645 g/mol. The zero-order valence-electron chi connectivity index (χ0n) is 27.4. The van der Waals surface area contributed by atoms with Gasteiger partial charge in [-0.05, 0) is 65.2 Å². The maximum atomic E-state index is 3.82. The number of para-hydroxylation sites is 3. The van der Waals surface area contributed by atoms with Gasteiger partial charge in [-0.15, -0.1) is 0 Å². The molecule has 1 aliphatic heterocycles. The Kier molecular flexibility index (Phi) is 6.88. The predicted molar refractivity (Wildman–Crippen MR) is 206 cm³/mol. The zero-order valence-corrected chi connectivity index (χ0v) is 27.4. The highest BCUT2D eigenvalue weighted by atomic mass is 15.4. The average Bonchev–Trinajstić information content (AvgIpc) is 3.70. The van der Waals surface area contributed by atoms with Gasteiger partial charge in [-0.2, -0.15) is 0 Å². The Morgan fingerprint density at radius 3 is 1.12 bits per heavy atom. The minimum atomic E-state index is -0.0531. The van der Waals surface area contributed by atoms with E-state index < -0.39 is 0 Å². The fourth-order valence-corrected chi connectivity index (χ4v) is 7.89. The van der Waals surface area contributed by atoms with Crippen LogP contribution in [0.4, 0.5) is 0 Å². The minimum Gasteiger partial charge on any atom is -0.309 e. The molecule has 9 aromatic rings. The predicted octanol–water partition coefficient (Wildman–Crippen LogP) is 10.1. The van der Waals surface area contributed by atoms with Gasteiger partial charge in [0.1, 0.15) is 0 Å². The van der Waals surface area contributed by atoms with Crippen LogP contribution in [0.25, 0.3) is 55.0 Å². The van der Waals surface area contributed by atoms with Crippen LogP contribution in [0, 0.1) is 0 Å². The van der Waals surface area contributed by atoms with Crippen molar-refractivity contribution >= 4 is 43.6 Å². The fraction of sp³-hybridized carbons (Fsp3) is 0.0667. The van der Waals surface area contributed by atoms with Gasteiger partial charge in [0.15, 0.2) is 0 Å². The second kappa shape index (κ2) is 11.9. The maximum absolute atomic E-state index is 3.82. The molecule has 2 atom stereocenters. The molecule has 0 saturated carbocycles. The third-order valence-corrected chi connectivity index (χ3v) is 10.2. The molecule has 7 aromatic carbocycles. The number of nitrogens with zero attached hydrogens (tertiary/aromatic N) is 2. The topological polar surface area (TPSA) is 46.0 Å². The molecule has 5 heteroatoms. The Labute approximate surface area is 290 Å². The Balaban J connectivity index is 1.10. The lowest BCUT2D eigenvalue weighted by Gasteiger charge is -2.39. The van der Waals surface area contributed by atoms with Crippen molar-refractivity contribution in [3.8, 4) is 11.4 Å². The van der Waals surface area contributed by atoms with Gasteiger partial charge in [0.2, 0.25) is 0 Å². The highest BCUT2D eigenvalue weighted by Crippen LogP contribution is 2.39. The zero-order chi connectivity index (χ0) is 33.0. The molecule has 0 spiro atoms. The molecule has 10 rings (SSSR count). The lowest BCUT2D eigenvalue weighted by Crippen LogP contribution is -2.54. The average molecular weight is 646 g/mol. The molecule has 50 heavy (non-hydrogen) atoms. The molecule has 240 valence electrons. The van der Waals surface area contributed by atoms with Crippen molar-refractivity contribution < 1.29 is 0 Å². The van der Waals surface area contributed by atoms with Crippen molar-refractivity contribution in [2.24, 2.45) is 0 Å². The van der Waals surface area contributed by atoms with Gasteiger partial charge in [-0.25, -0.2) is 0 Å². The molecule has 5 nitrogen and oxygen atoms in total. The van der Waals surface area contributed by atoms with Crippen molar-refractivity contribution in [3.05, 3.63) is 193 Å². The molecule has 1 fully saturated rings. The summed E-state index contributed by atoms with van der Waals surface area (Å²) in [6.07, 6.45) is -0.0715. The summed E-state index contributed by atoms with van der Waals surface area (Å²) in [6, 6.07) is 63.3. The van der Waals surface area contributed by atoms with Crippen molar-refractivity contribution in [1.29, 1.82) is 0 Å². The number of aromatic nitrogens is 2. The lowest BCUT2D eigenvalue weighted by atomic mass is 10.0. The van der Waals surface area contributed by atoms with Gasteiger partial charge in [0, 0.05) is 32.9 Å². The first-order valence-corrected chi connectivity index (χ1v) is 17.3. The van der Waals surface area contributed by atoms with Gasteiger partial charge in [-0.1, -0.05) is 127 Å². The molecule has 2 unspecified atom stereocenters. The Hall–Kier alpha value is -5.98. The summed E-state index contributed by atoms with van der Waals surface area (Å²) < 4.78 is 4.82. The maximum Gasteiger partial charge on any atom is 0.0864 e. The quantitative estimate of drug-likeness (QED) is 0.175. The van der Waals surface area contributed by atoms with Crippen molar-refractivity contribution in [1.82, 2.24) is 25.1 Å². The number of benzene rings is 7. The lowest BCUT2D eigenvalue weighted by molar-refractivity contribution is 0.203. The van der Waals surface area contributed by atoms with E-state index in [0.29, 0.717) is 0 Å². The molecule has 0 aliphatic carbocycles. The summed E-state index contributed by atoms with van der Waals surface area (Å²) in [6.45, 7) is 0. The summed E-state index contributed by atoms with van der Waals surface area (Å²) in [5.74, 6) is 0. The summed E-state index contributed by atoms with van der Waals surface area (Å²) >= 11 is 0. The normalized spacial score (nSPS) is 18.0. The van der Waals surface area contributed by atoms with Crippen molar-refractivity contribution in [2.45, 2.75) is 18.5 Å². The Morgan fingerprint density at radius 1 is 0.300 bits per heavy atom. The van der Waals surface area contributed by atoms with Crippen LogP contribution in [0.2, 0.25) is 0 Å². The van der Waals surface area contributed by atoms with Crippen LogP contribution in [0.5, 0.6) is 0 Å². The van der Waals surface area contributed by atoms with Crippen LogP contribution in [-0.2, 0) is 0 Å². The molecule has 3 N–H and O–H groups in total. The molecular formula is C45H35N5. The minimum absolute atomic E-state index is 0.00917. The molecule has 1 aliphatic rings. The second-order valence-corrected chi connectivity index (χ2v) is 13.1. The second-order valence-electron chi connectivity index (χ2n) is 13.1. The summed E-state index contributed by atoms with van der Waals surface area (Å²) in [5.41, 5.74) is 10.7. The third-order valence-electron chi connectivity index (χ3n) is 10.2. The number of hydrogen-bond donors (Lipinski definition) is 3. The smallest absolute Gasteiger partial charge is 0.0864 e. The van der Waals surface area contributed by atoms with Crippen LogP contribution >= 0.6 is 0 Å². The van der Waals surface area contributed by atoms with E-state index >= 15 is 0 Å². The van der Waals surface area contributed by atoms with Crippen molar-refractivity contribution in [2.75, 3.05) is 0 Å². The van der Waals surface area contributed by atoms with E-state index in [2.05, 4.69) is 201 Å². The number of hydrogen-bond acceptors (Lipinski definition) is 3. The SMILES string of the molecule is c1ccc(C2NC(c3ccccc3)NC(c3ccc(-n4c5ccccc5c5cc6c(cc54)c4ccccc4n6-c4ccccc4)cc3)N2)cc1. The molecule has 1 saturated heterocycles. The first-order chi connectivity index (χ1) is 24.8. The summed E-state index contributed by atoms with van der Waals surface area (Å²) in [7, 11) is 0. The van der Waals surface area contributed by atoms with E-state index in [1.807, 2.05) is 0 Å². The first kappa shape index (κ1) is 29.0. The molecular weight excluding hydrogens is 611 g/mol. The molecule has 3 heterocycles. The van der Waals surface area contributed by atoms with Crippen LogP contribution in [0.3, 0.4) is 0 Å². The van der Waals surface area contributed by atoms with Gasteiger partial charge < -0.3 is 9.13 Å². The number of rotatable bonds is 5. The number of nitrogens with one attached hydrogen (secondary N) is 3. The van der Waals surface area contributed by atoms with E-state index in [1.54, 1.807) is 0 Å². The molecule has 0 amide bonds. The largest absolute Gasteiger partial charge is 0.309 e. The Bertz CT molecular complexity index is 2580. The third kappa shape index (κ3) is 4.75. The molecule has 0 radical (unpaired) electrons. The van der Waals surface area contributed by atoms with Crippen LogP contribution in [0.1, 0.15) is 35.2 Å². The van der Waals surface area contributed by atoms with Crippen LogP contribution in [-0.4, -0.2) is 9.13 Å². The fourth-order valence-electron chi connectivity index (χ4n) is 7.89. The van der Waals surface area contributed by atoms with Gasteiger partial charge in [0.25, 0.3) is 0 Å². The summed E-state index contributed by atoms with van der Waals surface area (Å²) in [4.78, 5) is 0. The summed E-state index contributed by atoms with van der Waals surface area (Å²) in [5, 5.41) is 16.4. The Morgan fingerprint density at radius 2 is 0.660 bits per heavy atom. The van der Waals surface area contributed by atoms with E-state index in [9.17, 15) is 0 Å². The van der Waals surface area contributed by atoms with E-state index in [0.717, 1.165) is 5.69 Å².